The predicted molar refractivity (Wildman–Crippen MR) is 260 cm³/mol. The van der Waals surface area contributed by atoms with Crippen LogP contribution in [0.25, 0.3) is 0 Å². The Balaban J connectivity index is 1.35. The molecule has 14 nitrogen and oxygen atoms in total. The zero-order chi connectivity index (χ0) is 47.9. The zero-order valence-electron chi connectivity index (χ0n) is 40.0. The number of benzene rings is 3. The number of amides is 1. The maximum atomic E-state index is 15.2. The van der Waals surface area contributed by atoms with Gasteiger partial charge in [-0.15, -0.1) is 6.58 Å². The van der Waals surface area contributed by atoms with Gasteiger partial charge in [0.2, 0.25) is 18.5 Å². The average Bonchev–Trinajstić information content (AvgIpc) is 3.82. The molecule has 4 aliphatic rings. The normalized spacial score (nSPS) is 22.7. The van der Waals surface area contributed by atoms with Crippen LogP contribution in [0.3, 0.4) is 0 Å². The quantitative estimate of drug-likeness (QED) is 0.0307. The van der Waals surface area contributed by atoms with E-state index in [0.29, 0.717) is 53.7 Å². The molecule has 1 amide bonds. The molecule has 3 aromatic carbocycles. The van der Waals surface area contributed by atoms with Crippen molar-refractivity contribution < 1.29 is 48.5 Å². The fourth-order valence-corrected chi connectivity index (χ4v) is 11.0. The number of carbonyl (C=O) groups is 1. The van der Waals surface area contributed by atoms with Crippen molar-refractivity contribution >= 4 is 17.3 Å². The van der Waals surface area contributed by atoms with Gasteiger partial charge in [-0.25, -0.2) is 0 Å². The summed E-state index contributed by atoms with van der Waals surface area (Å²) in [6, 6.07) is 16.9. The van der Waals surface area contributed by atoms with Crippen LogP contribution in [0.15, 0.2) is 90.1 Å². The summed E-state index contributed by atoms with van der Waals surface area (Å²) in [6.07, 6.45) is 19.2. The monoisotopic (exact) mass is 938 g/mol. The highest BCUT2D eigenvalue weighted by Gasteiger charge is 2.65. The van der Waals surface area contributed by atoms with Gasteiger partial charge >= 0.3 is 0 Å². The van der Waals surface area contributed by atoms with Crippen LogP contribution >= 0.6 is 0 Å². The van der Waals surface area contributed by atoms with Crippen LogP contribution in [0.5, 0.6) is 28.7 Å². The molecule has 0 radical (unpaired) electrons. The summed E-state index contributed by atoms with van der Waals surface area (Å²) >= 11 is 0. The number of hydrogen-bond acceptors (Lipinski definition) is 12. The smallest absolute Gasteiger partial charge is 0.273 e. The van der Waals surface area contributed by atoms with Crippen molar-refractivity contribution in [1.29, 1.82) is 0 Å². The Kier molecular flexibility index (Phi) is 18.3. The average molecular weight is 938 g/mol. The molecule has 0 bridgehead atoms. The number of carbonyl (C=O) groups excluding carboxylic acids is 1. The number of allylic oxidation sites excluding steroid dienone is 1. The van der Waals surface area contributed by atoms with E-state index in [-0.39, 0.29) is 68.9 Å². The summed E-state index contributed by atoms with van der Waals surface area (Å²) < 4.78 is 32.5. The number of aliphatic hydroxyl groups excluding tert-OH is 2. The van der Waals surface area contributed by atoms with Crippen molar-refractivity contribution in [3.05, 3.63) is 106 Å². The predicted octanol–water partition coefficient (Wildman–Crippen LogP) is 11.3. The molecular weight excluding hydrogens is 867 g/mol. The minimum atomic E-state index is -1.44. The van der Waals surface area contributed by atoms with Crippen LogP contribution in [0.1, 0.15) is 133 Å². The van der Waals surface area contributed by atoms with E-state index >= 15 is 4.79 Å². The molecule has 6 unspecified atom stereocenters. The van der Waals surface area contributed by atoms with Crippen LogP contribution in [0.4, 0.5) is 5.69 Å². The molecule has 2 heterocycles. The molecule has 1 saturated carbocycles. The molecular formula is C54H71N3O11. The van der Waals surface area contributed by atoms with Crippen molar-refractivity contribution in [1.82, 2.24) is 4.90 Å². The van der Waals surface area contributed by atoms with Gasteiger partial charge in [0, 0.05) is 50.1 Å². The molecule has 0 aromatic heterocycles. The van der Waals surface area contributed by atoms with E-state index < -0.39 is 22.7 Å². The zero-order valence-corrected chi connectivity index (χ0v) is 40.0. The van der Waals surface area contributed by atoms with Crippen LogP contribution in [0.2, 0.25) is 0 Å². The fraction of sp³-hybridized carbons (Fsp3) is 0.556. The Bertz CT molecular complexity index is 2230. The summed E-state index contributed by atoms with van der Waals surface area (Å²) in [7, 11) is 1.54. The molecule has 68 heavy (non-hydrogen) atoms. The number of hydrogen-bond donors (Lipinski definition) is 2. The molecule has 2 N–H and O–H groups in total. The van der Waals surface area contributed by atoms with Crippen molar-refractivity contribution in [2.24, 2.45) is 22.9 Å². The number of nitrogens with zero attached hydrogens (tertiary/aromatic N) is 3. The number of aliphatic hydroxyl groups is 2. The van der Waals surface area contributed by atoms with E-state index in [1.54, 1.807) is 31.4 Å². The number of ether oxygens (including phenoxy) is 5. The standard InChI is InChI=1S/C54H71N3O11/c1-4-6-7-8-9-10-11-12-13-23-51(60)56(36-38-24-26-48-49(31-38)65-37-64-48)50-35-46(55-63-3)44-32-39(19-14-16-28-58)43(22-15-17-29-59)52-45-34-42(67-41-21-18-20-40(33-41)57(61)62)25-27-47(45)68-54(50,53(44)52)66-30-5-2/h5,18,20-21,24-27,31-34,39,43,50,52-53,58-59H,2,4,6-17,19,22-23,28-30,35-37H2,1,3H3. The van der Waals surface area contributed by atoms with Gasteiger partial charge in [0.15, 0.2) is 11.5 Å². The van der Waals surface area contributed by atoms with E-state index in [0.717, 1.165) is 68.1 Å². The van der Waals surface area contributed by atoms with E-state index in [1.165, 1.54) is 44.2 Å². The number of nitro groups is 1. The Morgan fingerprint density at radius 2 is 1.62 bits per heavy atom. The molecule has 1 fully saturated rings. The number of nitro benzene ring substituents is 1. The Hall–Kier alpha value is -5.44. The van der Waals surface area contributed by atoms with Gasteiger partial charge in [-0.05, 0) is 91.5 Å². The lowest BCUT2D eigenvalue weighted by atomic mass is 9.55. The highest BCUT2D eigenvalue weighted by Crippen LogP contribution is 2.62. The minimum absolute atomic E-state index is 0.000981. The van der Waals surface area contributed by atoms with Crippen LogP contribution in [-0.2, 0) is 20.9 Å². The first kappa shape index (κ1) is 50.4. The topological polar surface area (TPSA) is 172 Å². The van der Waals surface area contributed by atoms with Crippen molar-refractivity contribution in [2.75, 3.05) is 33.7 Å². The highest BCUT2D eigenvalue weighted by molar-refractivity contribution is 6.03. The lowest BCUT2D eigenvalue weighted by Crippen LogP contribution is -2.70. The molecule has 2 aliphatic carbocycles. The maximum absolute atomic E-state index is 15.2. The first-order chi connectivity index (χ1) is 33.2. The Labute approximate surface area is 401 Å². The van der Waals surface area contributed by atoms with E-state index in [2.05, 4.69) is 19.6 Å². The summed E-state index contributed by atoms with van der Waals surface area (Å²) in [4.78, 5) is 34.1. The molecule has 0 saturated heterocycles. The second-order valence-corrected chi connectivity index (χ2v) is 18.6. The molecule has 2 aliphatic heterocycles. The number of oxime groups is 1. The number of non-ortho nitro benzene ring substituents is 1. The molecule has 6 atom stereocenters. The molecule has 3 aromatic rings. The third-order valence-corrected chi connectivity index (χ3v) is 14.1. The summed E-state index contributed by atoms with van der Waals surface area (Å²) in [5.41, 5.74) is 3.29. The molecule has 14 heteroatoms. The fourth-order valence-electron chi connectivity index (χ4n) is 11.0. The lowest BCUT2D eigenvalue weighted by Gasteiger charge is -2.60. The minimum Gasteiger partial charge on any atom is -0.459 e. The van der Waals surface area contributed by atoms with Gasteiger partial charge in [0.25, 0.3) is 5.69 Å². The van der Waals surface area contributed by atoms with E-state index in [9.17, 15) is 20.3 Å². The van der Waals surface area contributed by atoms with E-state index in [4.69, 9.17) is 33.7 Å². The third kappa shape index (κ3) is 11.9. The number of fused-ring (bicyclic) bond motifs is 3. The third-order valence-electron chi connectivity index (χ3n) is 14.1. The first-order valence-corrected chi connectivity index (χ1v) is 25.0. The van der Waals surface area contributed by atoms with Gasteiger partial charge < -0.3 is 43.6 Å². The largest absolute Gasteiger partial charge is 0.459 e. The lowest BCUT2D eigenvalue weighted by molar-refractivity contribution is -0.384. The highest BCUT2D eigenvalue weighted by atomic mass is 16.7. The Morgan fingerprint density at radius 1 is 0.897 bits per heavy atom. The molecule has 7 rings (SSSR count). The van der Waals surface area contributed by atoms with Crippen molar-refractivity contribution in [3.63, 3.8) is 0 Å². The van der Waals surface area contributed by atoms with E-state index in [1.807, 2.05) is 35.2 Å². The van der Waals surface area contributed by atoms with Crippen LogP contribution in [0, 0.1) is 27.9 Å². The van der Waals surface area contributed by atoms with Gasteiger partial charge in [-0.1, -0.05) is 101 Å². The second kappa shape index (κ2) is 24.7. The second-order valence-electron chi connectivity index (χ2n) is 18.6. The van der Waals surface area contributed by atoms with Gasteiger partial charge in [0.05, 0.1) is 29.2 Å². The number of unbranched alkanes of at least 4 members (excludes halogenated alkanes) is 10. The summed E-state index contributed by atoms with van der Waals surface area (Å²) in [5.74, 6) is 0.443. The van der Waals surface area contributed by atoms with Crippen molar-refractivity contribution in [3.8, 4) is 28.7 Å². The van der Waals surface area contributed by atoms with Crippen LogP contribution < -0.4 is 18.9 Å². The molecule has 0 spiro atoms. The Morgan fingerprint density at radius 3 is 2.35 bits per heavy atom. The SMILES string of the molecule is C=CCOC12Oc3ccc(Oc4cccc([N+](=O)[O-])c4)cc3C3C(CCCCO)C(CCCCO)C=C(C(=NOC)CC1N(Cc1ccc4c(c1)OCO4)C(=O)CCCCCCCCCCC)C32. The summed E-state index contributed by atoms with van der Waals surface area (Å²) in [6.45, 7) is 6.95. The first-order valence-electron chi connectivity index (χ1n) is 25.0. The van der Waals surface area contributed by atoms with Gasteiger partial charge in [-0.2, -0.15) is 0 Å². The number of rotatable bonds is 28. The summed E-state index contributed by atoms with van der Waals surface area (Å²) in [5, 5.41) is 36.4. The van der Waals surface area contributed by atoms with Crippen molar-refractivity contribution in [2.45, 2.75) is 140 Å². The van der Waals surface area contributed by atoms with Gasteiger partial charge in [-0.3, -0.25) is 14.9 Å². The molecule has 368 valence electrons. The van der Waals surface area contributed by atoms with Gasteiger partial charge in [0.1, 0.15) is 30.4 Å². The van der Waals surface area contributed by atoms with Crippen LogP contribution in [-0.4, -0.2) is 77.2 Å². The maximum Gasteiger partial charge on any atom is 0.273 e.